The van der Waals surface area contributed by atoms with Gasteiger partial charge in [-0.2, -0.15) is 0 Å². The van der Waals surface area contributed by atoms with Gasteiger partial charge in [0.15, 0.2) is 0 Å². The van der Waals surface area contributed by atoms with Crippen LogP contribution in [0.4, 0.5) is 0 Å². The predicted molar refractivity (Wildman–Crippen MR) is 98.8 cm³/mol. The maximum Gasteiger partial charge on any atom is 0.268 e. The fourth-order valence-electron chi connectivity index (χ4n) is 2.17. The first-order chi connectivity index (χ1) is 12.6. The van der Waals surface area contributed by atoms with Crippen molar-refractivity contribution >= 4 is 33.8 Å². The maximum atomic E-state index is 12.5. The first-order valence-corrected chi connectivity index (χ1v) is 8.54. The van der Waals surface area contributed by atoms with Crippen LogP contribution in [-0.2, 0) is 11.3 Å². The Labute approximate surface area is 158 Å². The average Bonchev–Trinajstić information content (AvgIpc) is 3.33. The van der Waals surface area contributed by atoms with Crippen LogP contribution in [0.25, 0.3) is 6.08 Å². The molecule has 2 aromatic heterocycles. The van der Waals surface area contributed by atoms with E-state index < -0.39 is 11.8 Å². The van der Waals surface area contributed by atoms with Crippen LogP contribution < -0.4 is 10.6 Å². The maximum absolute atomic E-state index is 12.5. The molecule has 0 radical (unpaired) electrons. The zero-order valence-corrected chi connectivity index (χ0v) is 15.2. The Hall–Kier alpha value is -3.06. The normalized spacial score (nSPS) is 11.2. The lowest BCUT2D eigenvalue weighted by molar-refractivity contribution is -0.118. The molecular formula is C19H15BrN2O4. The fraction of sp³-hybridized carbons (Fsp3) is 0.0526. The summed E-state index contributed by atoms with van der Waals surface area (Å²) < 4.78 is 11.2. The predicted octanol–water partition coefficient (Wildman–Crippen LogP) is 3.72. The van der Waals surface area contributed by atoms with Crippen LogP contribution in [0.5, 0.6) is 0 Å². The molecule has 2 heterocycles. The van der Waals surface area contributed by atoms with Gasteiger partial charge in [0.05, 0.1) is 19.1 Å². The fourth-order valence-corrected chi connectivity index (χ4v) is 2.57. The van der Waals surface area contributed by atoms with Crippen molar-refractivity contribution in [2.75, 3.05) is 0 Å². The Morgan fingerprint density at radius 3 is 2.54 bits per heavy atom. The molecule has 0 fully saturated rings. The molecule has 3 aromatic rings. The number of amides is 2. The molecule has 0 saturated carbocycles. The van der Waals surface area contributed by atoms with Gasteiger partial charge in [0.1, 0.15) is 17.2 Å². The number of furan rings is 2. The summed E-state index contributed by atoms with van der Waals surface area (Å²) in [7, 11) is 0. The zero-order chi connectivity index (χ0) is 18.4. The zero-order valence-electron chi connectivity index (χ0n) is 13.6. The molecule has 0 bridgehead atoms. The van der Waals surface area contributed by atoms with Crippen molar-refractivity contribution in [3.8, 4) is 0 Å². The molecule has 0 aliphatic heterocycles. The lowest BCUT2D eigenvalue weighted by Crippen LogP contribution is -2.34. The molecule has 132 valence electrons. The molecule has 1 aromatic carbocycles. The molecule has 0 spiro atoms. The Kier molecular flexibility index (Phi) is 5.70. The van der Waals surface area contributed by atoms with Crippen molar-refractivity contribution < 1.29 is 18.4 Å². The van der Waals surface area contributed by atoms with Gasteiger partial charge in [0.25, 0.3) is 11.8 Å². The molecule has 3 rings (SSSR count). The van der Waals surface area contributed by atoms with Crippen LogP contribution in [0.3, 0.4) is 0 Å². The second kappa shape index (κ2) is 8.35. The number of carbonyl (C=O) groups is 2. The smallest absolute Gasteiger partial charge is 0.268 e. The van der Waals surface area contributed by atoms with Crippen LogP contribution >= 0.6 is 15.9 Å². The number of hydrogen-bond donors (Lipinski definition) is 2. The lowest BCUT2D eigenvalue weighted by atomic mass is 10.2. The summed E-state index contributed by atoms with van der Waals surface area (Å²) in [6, 6.07) is 13.7. The van der Waals surface area contributed by atoms with Crippen molar-refractivity contribution in [1.29, 1.82) is 0 Å². The van der Waals surface area contributed by atoms with E-state index in [4.69, 9.17) is 8.83 Å². The molecule has 2 N–H and O–H groups in total. The standard InChI is InChI=1S/C19H15BrN2O4/c20-14-5-1-4-13(10-14)18(23)22-17(11-15-6-2-8-25-15)19(24)21-12-16-7-3-9-26-16/h1-11H,12H2,(H,21,24)(H,22,23)/b17-11-. The number of rotatable bonds is 6. The van der Waals surface area contributed by atoms with E-state index in [0.29, 0.717) is 17.1 Å². The Morgan fingerprint density at radius 2 is 1.85 bits per heavy atom. The molecule has 0 aliphatic carbocycles. The third-order valence-electron chi connectivity index (χ3n) is 3.41. The first kappa shape index (κ1) is 17.8. The Morgan fingerprint density at radius 1 is 1.04 bits per heavy atom. The van der Waals surface area contributed by atoms with E-state index in [1.807, 2.05) is 6.07 Å². The van der Waals surface area contributed by atoms with E-state index in [0.717, 1.165) is 4.47 Å². The van der Waals surface area contributed by atoms with Gasteiger partial charge in [0, 0.05) is 16.1 Å². The lowest BCUT2D eigenvalue weighted by Gasteiger charge is -2.10. The second-order valence-corrected chi connectivity index (χ2v) is 6.22. The van der Waals surface area contributed by atoms with Crippen molar-refractivity contribution in [1.82, 2.24) is 10.6 Å². The molecule has 7 heteroatoms. The van der Waals surface area contributed by atoms with E-state index >= 15 is 0 Å². The highest BCUT2D eigenvalue weighted by Gasteiger charge is 2.15. The number of halogens is 1. The SMILES string of the molecule is O=C(NCc1ccco1)/C(=C/c1ccco1)NC(=O)c1cccc(Br)c1. The monoisotopic (exact) mass is 414 g/mol. The van der Waals surface area contributed by atoms with Gasteiger partial charge in [-0.05, 0) is 42.5 Å². The number of nitrogens with one attached hydrogen (secondary N) is 2. The summed E-state index contributed by atoms with van der Waals surface area (Å²) in [5.74, 6) is 0.190. The van der Waals surface area contributed by atoms with Gasteiger partial charge in [-0.1, -0.05) is 22.0 Å². The summed E-state index contributed by atoms with van der Waals surface area (Å²) in [6.45, 7) is 0.202. The van der Waals surface area contributed by atoms with E-state index in [-0.39, 0.29) is 12.2 Å². The number of carbonyl (C=O) groups excluding carboxylic acids is 2. The van der Waals surface area contributed by atoms with Crippen LogP contribution in [0, 0.1) is 0 Å². The minimum atomic E-state index is -0.457. The highest BCUT2D eigenvalue weighted by atomic mass is 79.9. The van der Waals surface area contributed by atoms with Gasteiger partial charge in [-0.25, -0.2) is 0 Å². The topological polar surface area (TPSA) is 84.5 Å². The minimum absolute atomic E-state index is 0.0662. The Bertz CT molecular complexity index is 915. The molecule has 6 nitrogen and oxygen atoms in total. The van der Waals surface area contributed by atoms with Gasteiger partial charge in [-0.15, -0.1) is 0 Å². The summed E-state index contributed by atoms with van der Waals surface area (Å²) in [6.07, 6.45) is 4.48. The van der Waals surface area contributed by atoms with Gasteiger partial charge < -0.3 is 19.5 Å². The highest BCUT2D eigenvalue weighted by Crippen LogP contribution is 2.13. The molecule has 0 unspecified atom stereocenters. The first-order valence-electron chi connectivity index (χ1n) is 7.74. The van der Waals surface area contributed by atoms with Crippen LogP contribution in [0.1, 0.15) is 21.9 Å². The average molecular weight is 415 g/mol. The van der Waals surface area contributed by atoms with E-state index in [2.05, 4.69) is 26.6 Å². The minimum Gasteiger partial charge on any atom is -0.467 e. The van der Waals surface area contributed by atoms with Crippen LogP contribution in [0.2, 0.25) is 0 Å². The van der Waals surface area contributed by atoms with Gasteiger partial charge >= 0.3 is 0 Å². The van der Waals surface area contributed by atoms with Crippen molar-refractivity contribution in [2.24, 2.45) is 0 Å². The molecule has 0 saturated heterocycles. The largest absolute Gasteiger partial charge is 0.467 e. The summed E-state index contributed by atoms with van der Waals surface area (Å²) in [5, 5.41) is 5.33. The summed E-state index contributed by atoms with van der Waals surface area (Å²) in [4.78, 5) is 25.0. The van der Waals surface area contributed by atoms with Gasteiger partial charge in [-0.3, -0.25) is 9.59 Å². The van der Waals surface area contributed by atoms with Crippen molar-refractivity contribution in [2.45, 2.75) is 6.54 Å². The third kappa shape index (κ3) is 4.73. The van der Waals surface area contributed by atoms with Gasteiger partial charge in [0.2, 0.25) is 0 Å². The second-order valence-electron chi connectivity index (χ2n) is 5.30. The Balaban J connectivity index is 1.77. The summed E-state index contributed by atoms with van der Waals surface area (Å²) in [5.41, 5.74) is 0.486. The molecule has 0 atom stereocenters. The van der Waals surface area contributed by atoms with Crippen LogP contribution in [0.15, 0.2) is 80.1 Å². The number of hydrogen-bond acceptors (Lipinski definition) is 4. The summed E-state index contributed by atoms with van der Waals surface area (Å²) >= 11 is 3.32. The molecule has 0 aliphatic rings. The molecular weight excluding hydrogens is 400 g/mol. The van der Waals surface area contributed by atoms with Crippen molar-refractivity contribution in [3.05, 3.63) is 88.3 Å². The van der Waals surface area contributed by atoms with Crippen molar-refractivity contribution in [3.63, 3.8) is 0 Å². The highest BCUT2D eigenvalue weighted by molar-refractivity contribution is 9.10. The van der Waals surface area contributed by atoms with E-state index in [1.165, 1.54) is 18.6 Å². The quantitative estimate of drug-likeness (QED) is 0.601. The molecule has 26 heavy (non-hydrogen) atoms. The third-order valence-corrected chi connectivity index (χ3v) is 3.91. The van der Waals surface area contributed by atoms with E-state index in [9.17, 15) is 9.59 Å². The number of benzene rings is 1. The van der Waals surface area contributed by atoms with Crippen LogP contribution in [-0.4, -0.2) is 11.8 Å². The van der Waals surface area contributed by atoms with E-state index in [1.54, 1.807) is 42.5 Å². The molecule has 2 amide bonds.